The Kier molecular flexibility index (Phi) is 7.30. The van der Waals surface area contributed by atoms with E-state index in [0.717, 1.165) is 71.3 Å². The zero-order chi connectivity index (χ0) is 26.9. The van der Waals surface area contributed by atoms with Crippen molar-refractivity contribution in [3.63, 3.8) is 0 Å². The van der Waals surface area contributed by atoms with Crippen LogP contribution in [0.5, 0.6) is 5.75 Å². The van der Waals surface area contributed by atoms with E-state index in [1.54, 1.807) is 0 Å². The predicted molar refractivity (Wildman–Crippen MR) is 150 cm³/mol. The molecule has 1 amide bonds. The molecule has 5 rings (SSSR count). The molecular formula is C31H37N3O4. The van der Waals surface area contributed by atoms with Crippen molar-refractivity contribution < 1.29 is 18.7 Å². The van der Waals surface area contributed by atoms with Gasteiger partial charge in [-0.25, -0.2) is 4.79 Å². The van der Waals surface area contributed by atoms with Gasteiger partial charge in [0.15, 0.2) is 0 Å². The SMILES string of the molecule is CC(C)Oc1cc(CN2CCC(NC(=O)OC(C)(C)C)CC2)cc2c(-c3cc4ccccc4o3)cncc12. The minimum absolute atomic E-state index is 0.0398. The molecule has 0 aliphatic carbocycles. The number of para-hydroxylation sites is 1. The number of piperidine rings is 1. The fraction of sp³-hybridized carbons (Fsp3) is 0.419. The molecule has 1 aliphatic heterocycles. The van der Waals surface area contributed by atoms with Gasteiger partial charge in [-0.05, 0) is 82.7 Å². The van der Waals surface area contributed by atoms with Gasteiger partial charge >= 0.3 is 6.09 Å². The lowest BCUT2D eigenvalue weighted by atomic mass is 10.00. The molecule has 200 valence electrons. The number of hydrogen-bond acceptors (Lipinski definition) is 6. The first-order chi connectivity index (χ1) is 18.1. The van der Waals surface area contributed by atoms with Gasteiger partial charge in [-0.15, -0.1) is 0 Å². The van der Waals surface area contributed by atoms with Gasteiger partial charge in [0.25, 0.3) is 0 Å². The molecule has 1 fully saturated rings. The number of pyridine rings is 1. The molecular weight excluding hydrogens is 478 g/mol. The van der Waals surface area contributed by atoms with Crippen LogP contribution in [0.2, 0.25) is 0 Å². The molecule has 1 N–H and O–H groups in total. The third-order valence-electron chi connectivity index (χ3n) is 6.67. The van der Waals surface area contributed by atoms with Gasteiger partial charge in [0, 0.05) is 54.4 Å². The van der Waals surface area contributed by atoms with Crippen molar-refractivity contribution in [2.24, 2.45) is 0 Å². The molecule has 1 aliphatic rings. The van der Waals surface area contributed by atoms with E-state index >= 15 is 0 Å². The highest BCUT2D eigenvalue weighted by Crippen LogP contribution is 2.37. The smallest absolute Gasteiger partial charge is 0.407 e. The van der Waals surface area contributed by atoms with Crippen LogP contribution < -0.4 is 10.1 Å². The topological polar surface area (TPSA) is 76.8 Å². The summed E-state index contributed by atoms with van der Waals surface area (Å²) in [6, 6.07) is 14.6. The number of benzene rings is 2. The number of aromatic nitrogens is 1. The van der Waals surface area contributed by atoms with Gasteiger partial charge in [-0.3, -0.25) is 9.88 Å². The Labute approximate surface area is 224 Å². The molecule has 1 saturated heterocycles. The Hall–Kier alpha value is -3.58. The lowest BCUT2D eigenvalue weighted by Gasteiger charge is -2.33. The molecule has 0 unspecified atom stereocenters. The van der Waals surface area contributed by atoms with Gasteiger partial charge in [-0.2, -0.15) is 0 Å². The minimum atomic E-state index is -0.493. The number of nitrogens with one attached hydrogen (secondary N) is 1. The van der Waals surface area contributed by atoms with Crippen molar-refractivity contribution in [3.8, 4) is 17.1 Å². The van der Waals surface area contributed by atoms with E-state index < -0.39 is 5.60 Å². The van der Waals surface area contributed by atoms with Crippen molar-refractivity contribution in [2.75, 3.05) is 13.1 Å². The number of carbonyl (C=O) groups excluding carboxylic acids is 1. The number of hydrogen-bond donors (Lipinski definition) is 1. The van der Waals surface area contributed by atoms with Crippen LogP contribution in [0.15, 0.2) is 59.3 Å². The van der Waals surface area contributed by atoms with E-state index in [0.29, 0.717) is 0 Å². The Morgan fingerprint density at radius 2 is 1.87 bits per heavy atom. The van der Waals surface area contributed by atoms with E-state index in [-0.39, 0.29) is 18.2 Å². The third kappa shape index (κ3) is 6.10. The minimum Gasteiger partial charge on any atom is -0.490 e. The molecule has 7 nitrogen and oxygen atoms in total. The normalized spacial score (nSPS) is 15.3. The largest absolute Gasteiger partial charge is 0.490 e. The molecule has 38 heavy (non-hydrogen) atoms. The maximum Gasteiger partial charge on any atom is 0.407 e. The Balaban J connectivity index is 1.38. The second kappa shape index (κ2) is 10.7. The number of rotatable bonds is 6. The van der Waals surface area contributed by atoms with Crippen LogP contribution in [0.4, 0.5) is 4.79 Å². The summed E-state index contributed by atoms with van der Waals surface area (Å²) < 4.78 is 17.9. The lowest BCUT2D eigenvalue weighted by Crippen LogP contribution is -2.45. The van der Waals surface area contributed by atoms with E-state index in [1.807, 2.05) is 65.2 Å². The highest BCUT2D eigenvalue weighted by molar-refractivity contribution is 6.00. The lowest BCUT2D eigenvalue weighted by molar-refractivity contribution is 0.0477. The summed E-state index contributed by atoms with van der Waals surface area (Å²) >= 11 is 0. The molecule has 4 aromatic rings. The zero-order valence-corrected chi connectivity index (χ0v) is 22.9. The first-order valence-electron chi connectivity index (χ1n) is 13.4. The molecule has 0 saturated carbocycles. The van der Waals surface area contributed by atoms with Crippen molar-refractivity contribution in [2.45, 2.75) is 71.8 Å². The van der Waals surface area contributed by atoms with Crippen LogP contribution in [0.3, 0.4) is 0 Å². The molecule has 0 atom stereocenters. The number of alkyl carbamates (subject to hydrolysis) is 1. The summed E-state index contributed by atoms with van der Waals surface area (Å²) in [5, 5.41) is 6.13. The molecule has 2 aromatic heterocycles. The number of furan rings is 1. The molecule has 0 radical (unpaired) electrons. The average molecular weight is 516 g/mol. The van der Waals surface area contributed by atoms with Gasteiger partial charge in [0.1, 0.15) is 22.7 Å². The molecule has 0 bridgehead atoms. The summed E-state index contributed by atoms with van der Waals surface area (Å²) in [6.45, 7) is 12.3. The monoisotopic (exact) mass is 515 g/mol. The van der Waals surface area contributed by atoms with Gasteiger partial charge in [-0.1, -0.05) is 18.2 Å². The predicted octanol–water partition coefficient (Wildman–Crippen LogP) is 6.92. The maximum absolute atomic E-state index is 12.2. The van der Waals surface area contributed by atoms with Gasteiger partial charge in [0.05, 0.1) is 6.10 Å². The van der Waals surface area contributed by atoms with Crippen molar-refractivity contribution in [3.05, 3.63) is 60.4 Å². The van der Waals surface area contributed by atoms with E-state index in [1.165, 1.54) is 5.56 Å². The highest BCUT2D eigenvalue weighted by Gasteiger charge is 2.24. The van der Waals surface area contributed by atoms with E-state index in [4.69, 9.17) is 13.9 Å². The van der Waals surface area contributed by atoms with Crippen LogP contribution in [0.25, 0.3) is 33.1 Å². The zero-order valence-electron chi connectivity index (χ0n) is 22.9. The van der Waals surface area contributed by atoms with E-state index in [9.17, 15) is 4.79 Å². The summed E-state index contributed by atoms with van der Waals surface area (Å²) in [4.78, 5) is 19.1. The molecule has 7 heteroatoms. The summed E-state index contributed by atoms with van der Waals surface area (Å²) in [7, 11) is 0. The fourth-order valence-electron chi connectivity index (χ4n) is 5.02. The van der Waals surface area contributed by atoms with Crippen LogP contribution in [-0.4, -0.2) is 46.8 Å². The van der Waals surface area contributed by atoms with Crippen molar-refractivity contribution in [1.29, 1.82) is 0 Å². The molecule has 3 heterocycles. The quantitative estimate of drug-likeness (QED) is 0.300. The Morgan fingerprint density at radius 1 is 1.11 bits per heavy atom. The maximum atomic E-state index is 12.2. The summed E-state index contributed by atoms with van der Waals surface area (Å²) in [5.41, 5.74) is 2.50. The number of likely N-dealkylation sites (tertiary alicyclic amines) is 1. The van der Waals surface area contributed by atoms with Crippen molar-refractivity contribution >= 4 is 27.8 Å². The number of fused-ring (bicyclic) bond motifs is 2. The van der Waals surface area contributed by atoms with Crippen molar-refractivity contribution in [1.82, 2.24) is 15.2 Å². The summed E-state index contributed by atoms with van der Waals surface area (Å²) in [5.74, 6) is 1.63. The number of carbonyl (C=O) groups is 1. The number of ether oxygens (including phenoxy) is 2. The van der Waals surface area contributed by atoms with Gasteiger partial charge < -0.3 is 19.2 Å². The van der Waals surface area contributed by atoms with Crippen LogP contribution in [0, 0.1) is 0 Å². The third-order valence-corrected chi connectivity index (χ3v) is 6.67. The highest BCUT2D eigenvalue weighted by atomic mass is 16.6. The second-order valence-electron chi connectivity index (χ2n) is 11.4. The summed E-state index contributed by atoms with van der Waals surface area (Å²) in [6.07, 6.45) is 5.21. The fourth-order valence-corrected chi connectivity index (χ4v) is 5.02. The first-order valence-corrected chi connectivity index (χ1v) is 13.4. The number of nitrogens with zero attached hydrogens (tertiary/aromatic N) is 2. The molecule has 0 spiro atoms. The van der Waals surface area contributed by atoms with Crippen LogP contribution in [-0.2, 0) is 11.3 Å². The van der Waals surface area contributed by atoms with Crippen LogP contribution in [0.1, 0.15) is 53.0 Å². The standard InChI is InChI=1S/C31H37N3O4/c1-20(2)36-28-15-21(19-34-12-10-23(11-13-34)33-30(35)38-31(3,4)5)14-24-25(28)17-32-18-26(24)29-16-22-8-6-7-9-27(22)37-29/h6-9,14-18,20,23H,10-13,19H2,1-5H3,(H,33,35). The first kappa shape index (κ1) is 26.0. The Bertz CT molecular complexity index is 1400. The number of amides is 1. The molecule has 2 aromatic carbocycles. The van der Waals surface area contributed by atoms with E-state index in [2.05, 4.69) is 39.5 Å². The average Bonchev–Trinajstić information content (AvgIpc) is 3.27. The van der Waals surface area contributed by atoms with Gasteiger partial charge in [0.2, 0.25) is 0 Å². The Morgan fingerprint density at radius 3 is 2.58 bits per heavy atom. The second-order valence-corrected chi connectivity index (χ2v) is 11.4. The van der Waals surface area contributed by atoms with Crippen LogP contribution >= 0.6 is 0 Å².